The molecule has 0 spiro atoms. The van der Waals surface area contributed by atoms with Gasteiger partial charge in [-0.05, 0) is 78.6 Å². The van der Waals surface area contributed by atoms with Crippen LogP contribution in [0.3, 0.4) is 0 Å². The molecule has 46 heavy (non-hydrogen) atoms. The van der Waals surface area contributed by atoms with Crippen LogP contribution in [0, 0.1) is 13.8 Å². The van der Waals surface area contributed by atoms with Crippen LogP contribution in [0.2, 0.25) is 0 Å². The zero-order chi connectivity index (χ0) is 32.7. The van der Waals surface area contributed by atoms with Gasteiger partial charge in [-0.3, -0.25) is 9.48 Å². The molecule has 5 rings (SSSR count). The van der Waals surface area contributed by atoms with Crippen molar-refractivity contribution >= 4 is 27.8 Å². The van der Waals surface area contributed by atoms with Crippen molar-refractivity contribution in [3.8, 4) is 16.9 Å². The fraction of sp³-hybridized carbons (Fsp3) is 0.324. The van der Waals surface area contributed by atoms with E-state index in [4.69, 9.17) is 9.47 Å². The van der Waals surface area contributed by atoms with Gasteiger partial charge in [-0.15, -0.1) is 4.28 Å². The average molecular weight is 647 g/mol. The first-order valence-electron chi connectivity index (χ1n) is 15.1. The summed E-state index contributed by atoms with van der Waals surface area (Å²) < 4.78 is 39.1. The van der Waals surface area contributed by atoms with Crippen molar-refractivity contribution in [3.05, 3.63) is 101 Å². The molecule has 242 valence electrons. The van der Waals surface area contributed by atoms with Gasteiger partial charge in [0.05, 0.1) is 25.6 Å². The highest BCUT2D eigenvalue weighted by Gasteiger charge is 2.25. The summed E-state index contributed by atoms with van der Waals surface area (Å²) in [6.07, 6.45) is 6.43. The summed E-state index contributed by atoms with van der Waals surface area (Å²) in [6, 6.07) is 19.6. The first kappa shape index (κ1) is 32.7. The molecule has 2 heterocycles. The number of carbonyl (C=O) groups is 2. The van der Waals surface area contributed by atoms with Gasteiger partial charge in [0, 0.05) is 30.4 Å². The Morgan fingerprint density at radius 1 is 1.02 bits per heavy atom. The number of hydrogen-bond acceptors (Lipinski definition) is 8. The molecule has 0 atom stereocenters. The number of fused-ring (bicyclic) bond motifs is 1. The van der Waals surface area contributed by atoms with Crippen molar-refractivity contribution in [2.75, 3.05) is 24.3 Å². The van der Waals surface area contributed by atoms with Crippen LogP contribution in [-0.4, -0.2) is 49.6 Å². The normalized spacial score (nSPS) is 12.8. The molecular formula is C34H38N4O7S. The maximum Gasteiger partial charge on any atom is 0.432 e. The molecule has 4 aromatic rings. The molecule has 0 saturated heterocycles. The number of rotatable bonds is 12. The van der Waals surface area contributed by atoms with Crippen molar-refractivity contribution in [1.82, 2.24) is 15.3 Å². The largest absolute Gasteiger partial charge is 0.493 e. The van der Waals surface area contributed by atoms with Crippen LogP contribution >= 0.6 is 0 Å². The van der Waals surface area contributed by atoms with Crippen LogP contribution in [-0.2, 0) is 43.5 Å². The Hall–Kier alpha value is -4.68. The minimum atomic E-state index is -3.83. The van der Waals surface area contributed by atoms with Crippen LogP contribution < -0.4 is 15.1 Å². The molecule has 1 aliphatic rings. The molecule has 0 saturated carbocycles. The molecule has 11 nitrogen and oxygen atoms in total. The summed E-state index contributed by atoms with van der Waals surface area (Å²) in [5.74, 6) is 0.967. The number of amides is 2. The van der Waals surface area contributed by atoms with E-state index in [9.17, 15) is 18.0 Å². The number of nitrogens with one attached hydrogen (secondary N) is 1. The Bertz CT molecular complexity index is 1820. The number of carbonyl (C=O) groups excluding carboxylic acids is 2. The predicted molar refractivity (Wildman–Crippen MR) is 174 cm³/mol. The maximum absolute atomic E-state index is 13.3. The summed E-state index contributed by atoms with van der Waals surface area (Å²) in [5, 5.41) is 4.58. The van der Waals surface area contributed by atoms with Gasteiger partial charge < -0.3 is 14.4 Å². The molecule has 1 aliphatic heterocycles. The number of aryl methyl sites for hydroxylation is 1. The van der Waals surface area contributed by atoms with Gasteiger partial charge in [-0.25, -0.2) is 4.79 Å². The first-order valence-corrected chi connectivity index (χ1v) is 16.9. The predicted octanol–water partition coefficient (Wildman–Crippen LogP) is 5.47. The number of ether oxygens (including phenoxy) is 2. The fourth-order valence-corrected chi connectivity index (χ4v) is 5.68. The maximum atomic E-state index is 13.3. The summed E-state index contributed by atoms with van der Waals surface area (Å²) in [7, 11) is -3.83. The van der Waals surface area contributed by atoms with Gasteiger partial charge in [-0.1, -0.05) is 48.5 Å². The van der Waals surface area contributed by atoms with Gasteiger partial charge in [0.2, 0.25) is 5.91 Å². The number of nitrogens with zero attached hydrogens (tertiary/aromatic N) is 3. The molecule has 1 aromatic heterocycles. The highest BCUT2D eigenvalue weighted by molar-refractivity contribution is 7.85. The Balaban J connectivity index is 1.19. The number of anilines is 1. The average Bonchev–Trinajstić information content (AvgIpc) is 3.50. The second-order valence-electron chi connectivity index (χ2n) is 11.3. The molecule has 1 N–H and O–H groups in total. The third kappa shape index (κ3) is 8.52. The van der Waals surface area contributed by atoms with E-state index < -0.39 is 16.2 Å². The van der Waals surface area contributed by atoms with E-state index in [0.717, 1.165) is 63.9 Å². The minimum Gasteiger partial charge on any atom is -0.493 e. The van der Waals surface area contributed by atoms with E-state index in [0.29, 0.717) is 32.5 Å². The summed E-state index contributed by atoms with van der Waals surface area (Å²) in [5.41, 5.74) is 9.82. The molecule has 12 heteroatoms. The summed E-state index contributed by atoms with van der Waals surface area (Å²) >= 11 is 0. The molecule has 0 unspecified atom stereocenters. The van der Waals surface area contributed by atoms with Gasteiger partial charge in [0.1, 0.15) is 12.4 Å². The Morgan fingerprint density at radius 2 is 1.80 bits per heavy atom. The second kappa shape index (κ2) is 14.6. The van der Waals surface area contributed by atoms with Crippen molar-refractivity contribution in [2.24, 2.45) is 0 Å². The molecule has 2 amide bonds. The summed E-state index contributed by atoms with van der Waals surface area (Å²) in [6.45, 7) is 5.71. The van der Waals surface area contributed by atoms with E-state index >= 15 is 0 Å². The van der Waals surface area contributed by atoms with E-state index in [2.05, 4.69) is 28.4 Å². The lowest BCUT2D eigenvalue weighted by Crippen LogP contribution is -2.35. The SMILES string of the molecule is Cc1cccc(OCCCC(=O)N2CCCc3c(-c4cnn(Cc5cccc(COC(=O)NOS(C)(=O)=O)c5)c4)cccc32)c1C. The van der Waals surface area contributed by atoms with Gasteiger partial charge in [0.25, 0.3) is 10.1 Å². The van der Waals surface area contributed by atoms with Crippen molar-refractivity contribution < 1.29 is 31.8 Å². The molecule has 3 aromatic carbocycles. The minimum absolute atomic E-state index is 0.0675. The second-order valence-corrected chi connectivity index (χ2v) is 12.9. The number of benzene rings is 3. The van der Waals surface area contributed by atoms with E-state index in [-0.39, 0.29) is 12.5 Å². The highest BCUT2D eigenvalue weighted by Crippen LogP contribution is 2.36. The molecule has 0 fully saturated rings. The van der Waals surface area contributed by atoms with E-state index in [1.165, 1.54) is 5.56 Å². The van der Waals surface area contributed by atoms with Gasteiger partial charge in [0.15, 0.2) is 0 Å². The van der Waals surface area contributed by atoms with Crippen molar-refractivity contribution in [1.29, 1.82) is 0 Å². The Morgan fingerprint density at radius 3 is 2.63 bits per heavy atom. The fourth-order valence-electron chi connectivity index (χ4n) is 5.46. The molecule has 0 aliphatic carbocycles. The van der Waals surface area contributed by atoms with Crippen LogP contribution in [0.5, 0.6) is 5.75 Å². The monoisotopic (exact) mass is 646 g/mol. The lowest BCUT2D eigenvalue weighted by Gasteiger charge is -2.31. The topological polar surface area (TPSA) is 129 Å². The Labute approximate surface area is 269 Å². The number of hydroxylamine groups is 1. The van der Waals surface area contributed by atoms with E-state index in [1.54, 1.807) is 11.5 Å². The summed E-state index contributed by atoms with van der Waals surface area (Å²) in [4.78, 5) is 26.9. The standard InChI is InChI=1S/C34H38N4O7S/c1-24-9-4-15-32(25(24)2)43-18-8-16-33(39)38-17-7-13-30-29(12-6-14-31(30)38)28-20-35-37(22-28)21-26-10-5-11-27(19-26)23-44-34(40)36-45-46(3,41)42/h4-6,9-12,14-15,19-20,22H,7-8,13,16-18,21,23H2,1-3H3,(H,36,40). The highest BCUT2D eigenvalue weighted by atomic mass is 32.2. The van der Waals surface area contributed by atoms with Crippen LogP contribution in [0.1, 0.15) is 47.1 Å². The van der Waals surface area contributed by atoms with Crippen LogP contribution in [0.25, 0.3) is 11.1 Å². The lowest BCUT2D eigenvalue weighted by atomic mass is 9.93. The molecule has 0 bridgehead atoms. The third-order valence-corrected chi connectivity index (χ3v) is 8.21. The van der Waals surface area contributed by atoms with Gasteiger partial charge >= 0.3 is 6.09 Å². The van der Waals surface area contributed by atoms with Crippen molar-refractivity contribution in [2.45, 2.75) is 52.7 Å². The third-order valence-electron chi connectivity index (χ3n) is 7.83. The van der Waals surface area contributed by atoms with E-state index in [1.807, 2.05) is 71.4 Å². The molecular weight excluding hydrogens is 608 g/mol. The number of aromatic nitrogens is 2. The lowest BCUT2D eigenvalue weighted by molar-refractivity contribution is -0.118. The zero-order valence-corrected chi connectivity index (χ0v) is 27.0. The zero-order valence-electron chi connectivity index (χ0n) is 26.2. The van der Waals surface area contributed by atoms with Crippen LogP contribution in [0.4, 0.5) is 10.5 Å². The quantitative estimate of drug-likeness (QED) is 0.159. The van der Waals surface area contributed by atoms with Gasteiger partial charge in [-0.2, -0.15) is 19.0 Å². The Kier molecular flexibility index (Phi) is 10.4. The smallest absolute Gasteiger partial charge is 0.432 e. The molecule has 0 radical (unpaired) electrons. The first-order chi connectivity index (χ1) is 22.1. The van der Waals surface area contributed by atoms with Crippen LogP contribution in [0.15, 0.2) is 73.1 Å². The number of hydrogen-bond donors (Lipinski definition) is 1. The van der Waals surface area contributed by atoms with Crippen molar-refractivity contribution in [3.63, 3.8) is 0 Å².